The quantitative estimate of drug-likeness (QED) is 0.829. The first-order chi connectivity index (χ1) is 9.81. The standard InChI is InChI=1S/C17H28N2O/c1-3-15-7-9-19(10-8-15)11-12-20-17-6-4-5-16(13-17)14-18-2/h4-6,13,15,18H,3,7-12,14H2,1-2H3. The Morgan fingerprint density at radius 3 is 2.80 bits per heavy atom. The lowest BCUT2D eigenvalue weighted by molar-refractivity contribution is 0.153. The van der Waals surface area contributed by atoms with Crippen molar-refractivity contribution in [1.29, 1.82) is 0 Å². The maximum atomic E-state index is 5.88. The number of nitrogens with zero attached hydrogens (tertiary/aromatic N) is 1. The highest BCUT2D eigenvalue weighted by Gasteiger charge is 2.17. The predicted octanol–water partition coefficient (Wildman–Crippen LogP) is 2.91. The first-order valence-electron chi connectivity index (χ1n) is 7.90. The summed E-state index contributed by atoms with van der Waals surface area (Å²) in [5.74, 6) is 1.94. The number of nitrogens with one attached hydrogen (secondary N) is 1. The summed E-state index contributed by atoms with van der Waals surface area (Å²) in [7, 11) is 1.97. The minimum atomic E-state index is 0.791. The van der Waals surface area contributed by atoms with Crippen molar-refractivity contribution in [3.63, 3.8) is 0 Å². The molecule has 1 aliphatic heterocycles. The van der Waals surface area contributed by atoms with E-state index in [0.717, 1.165) is 31.4 Å². The molecule has 0 bridgehead atoms. The molecule has 1 saturated heterocycles. The van der Waals surface area contributed by atoms with Crippen molar-refractivity contribution in [1.82, 2.24) is 10.2 Å². The van der Waals surface area contributed by atoms with E-state index in [1.165, 1.54) is 37.9 Å². The number of ether oxygens (including phenoxy) is 1. The van der Waals surface area contributed by atoms with Gasteiger partial charge in [-0.2, -0.15) is 0 Å². The van der Waals surface area contributed by atoms with E-state index in [-0.39, 0.29) is 0 Å². The molecule has 2 rings (SSSR count). The van der Waals surface area contributed by atoms with E-state index in [1.807, 2.05) is 13.1 Å². The molecule has 0 radical (unpaired) electrons. The summed E-state index contributed by atoms with van der Waals surface area (Å²) in [5.41, 5.74) is 1.27. The zero-order valence-electron chi connectivity index (χ0n) is 12.9. The van der Waals surface area contributed by atoms with Crippen molar-refractivity contribution in [3.05, 3.63) is 29.8 Å². The lowest BCUT2D eigenvalue weighted by Gasteiger charge is -2.31. The smallest absolute Gasteiger partial charge is 0.119 e. The molecule has 1 heterocycles. The monoisotopic (exact) mass is 276 g/mol. The molecule has 0 unspecified atom stereocenters. The molecule has 3 heteroatoms. The van der Waals surface area contributed by atoms with Gasteiger partial charge < -0.3 is 10.1 Å². The molecular formula is C17H28N2O. The summed E-state index contributed by atoms with van der Waals surface area (Å²) in [6.45, 7) is 7.51. The van der Waals surface area contributed by atoms with Crippen LogP contribution in [0, 0.1) is 5.92 Å². The molecule has 0 atom stereocenters. The molecule has 0 aliphatic carbocycles. The first-order valence-corrected chi connectivity index (χ1v) is 7.90. The van der Waals surface area contributed by atoms with Crippen molar-refractivity contribution in [3.8, 4) is 5.75 Å². The maximum Gasteiger partial charge on any atom is 0.119 e. The number of likely N-dealkylation sites (tertiary alicyclic amines) is 1. The van der Waals surface area contributed by atoms with Gasteiger partial charge in [0.25, 0.3) is 0 Å². The normalized spacial score (nSPS) is 17.3. The first kappa shape index (κ1) is 15.3. The van der Waals surface area contributed by atoms with E-state index in [4.69, 9.17) is 4.74 Å². The van der Waals surface area contributed by atoms with Gasteiger partial charge in [0, 0.05) is 13.1 Å². The number of rotatable bonds is 7. The molecule has 0 spiro atoms. The van der Waals surface area contributed by atoms with Crippen molar-refractivity contribution in [2.75, 3.05) is 33.3 Å². The third kappa shape index (κ3) is 4.80. The van der Waals surface area contributed by atoms with Gasteiger partial charge in [-0.25, -0.2) is 0 Å². The van der Waals surface area contributed by atoms with Crippen LogP contribution >= 0.6 is 0 Å². The fraction of sp³-hybridized carbons (Fsp3) is 0.647. The van der Waals surface area contributed by atoms with Gasteiger partial charge in [-0.3, -0.25) is 4.90 Å². The Morgan fingerprint density at radius 1 is 1.30 bits per heavy atom. The molecule has 1 N–H and O–H groups in total. The molecule has 1 fully saturated rings. The summed E-state index contributed by atoms with van der Waals surface area (Å²) in [6, 6.07) is 8.36. The highest BCUT2D eigenvalue weighted by Crippen LogP contribution is 2.19. The van der Waals surface area contributed by atoms with Gasteiger partial charge >= 0.3 is 0 Å². The highest BCUT2D eigenvalue weighted by atomic mass is 16.5. The minimum Gasteiger partial charge on any atom is -0.492 e. The molecular weight excluding hydrogens is 248 g/mol. The van der Waals surface area contributed by atoms with Crippen molar-refractivity contribution < 1.29 is 4.74 Å². The van der Waals surface area contributed by atoms with Crippen LogP contribution in [0.2, 0.25) is 0 Å². The van der Waals surface area contributed by atoms with Gasteiger partial charge in [0.1, 0.15) is 12.4 Å². The molecule has 3 nitrogen and oxygen atoms in total. The minimum absolute atomic E-state index is 0.791. The van der Waals surface area contributed by atoms with Crippen LogP contribution in [0.25, 0.3) is 0 Å². The SMILES string of the molecule is CCC1CCN(CCOc2cccc(CNC)c2)CC1. The molecule has 112 valence electrons. The number of benzene rings is 1. The predicted molar refractivity (Wildman–Crippen MR) is 84.2 cm³/mol. The average molecular weight is 276 g/mol. The number of hydrogen-bond acceptors (Lipinski definition) is 3. The van der Waals surface area contributed by atoms with Gasteiger partial charge in [0.15, 0.2) is 0 Å². The zero-order chi connectivity index (χ0) is 14.2. The maximum absolute atomic E-state index is 5.88. The van der Waals surface area contributed by atoms with Gasteiger partial charge in [-0.05, 0) is 56.6 Å². The van der Waals surface area contributed by atoms with Gasteiger partial charge in [-0.1, -0.05) is 25.5 Å². The lowest BCUT2D eigenvalue weighted by atomic mass is 9.94. The fourth-order valence-corrected chi connectivity index (χ4v) is 2.86. The highest BCUT2D eigenvalue weighted by molar-refractivity contribution is 5.28. The van der Waals surface area contributed by atoms with Crippen LogP contribution in [-0.4, -0.2) is 38.2 Å². The molecule has 20 heavy (non-hydrogen) atoms. The lowest BCUT2D eigenvalue weighted by Crippen LogP contribution is -2.36. The largest absolute Gasteiger partial charge is 0.492 e. The number of hydrogen-bond donors (Lipinski definition) is 1. The Morgan fingerprint density at radius 2 is 2.10 bits per heavy atom. The summed E-state index contributed by atoms with van der Waals surface area (Å²) in [5, 5.41) is 3.16. The summed E-state index contributed by atoms with van der Waals surface area (Å²) in [4.78, 5) is 2.53. The number of piperidine rings is 1. The molecule has 1 aliphatic rings. The molecule has 0 saturated carbocycles. The van der Waals surface area contributed by atoms with Crippen LogP contribution in [0.3, 0.4) is 0 Å². The Hall–Kier alpha value is -1.06. The summed E-state index contributed by atoms with van der Waals surface area (Å²) >= 11 is 0. The zero-order valence-corrected chi connectivity index (χ0v) is 12.9. The van der Waals surface area contributed by atoms with E-state index in [2.05, 4.69) is 35.3 Å². The Balaban J connectivity index is 1.69. The fourth-order valence-electron chi connectivity index (χ4n) is 2.86. The van der Waals surface area contributed by atoms with Gasteiger partial charge in [0.05, 0.1) is 0 Å². The van der Waals surface area contributed by atoms with E-state index < -0.39 is 0 Å². The van der Waals surface area contributed by atoms with Crippen LogP contribution in [0.15, 0.2) is 24.3 Å². The topological polar surface area (TPSA) is 24.5 Å². The van der Waals surface area contributed by atoms with Crippen LogP contribution in [0.1, 0.15) is 31.7 Å². The van der Waals surface area contributed by atoms with Gasteiger partial charge in [-0.15, -0.1) is 0 Å². The van der Waals surface area contributed by atoms with Crippen molar-refractivity contribution in [2.45, 2.75) is 32.7 Å². The molecule has 0 aromatic heterocycles. The second-order valence-electron chi connectivity index (χ2n) is 5.72. The Kier molecular flexibility index (Phi) is 6.34. The van der Waals surface area contributed by atoms with E-state index >= 15 is 0 Å². The van der Waals surface area contributed by atoms with Crippen molar-refractivity contribution >= 4 is 0 Å². The summed E-state index contributed by atoms with van der Waals surface area (Å²) < 4.78 is 5.88. The average Bonchev–Trinajstić information content (AvgIpc) is 2.49. The Labute approximate surface area is 123 Å². The van der Waals surface area contributed by atoms with E-state index in [0.29, 0.717) is 0 Å². The van der Waals surface area contributed by atoms with Crippen LogP contribution in [-0.2, 0) is 6.54 Å². The van der Waals surface area contributed by atoms with E-state index in [1.54, 1.807) is 0 Å². The summed E-state index contributed by atoms with van der Waals surface area (Å²) in [6.07, 6.45) is 4.05. The van der Waals surface area contributed by atoms with Crippen molar-refractivity contribution in [2.24, 2.45) is 5.92 Å². The molecule has 1 aromatic rings. The van der Waals surface area contributed by atoms with Crippen LogP contribution < -0.4 is 10.1 Å². The van der Waals surface area contributed by atoms with Crippen LogP contribution in [0.5, 0.6) is 5.75 Å². The molecule has 0 amide bonds. The third-order valence-electron chi connectivity index (χ3n) is 4.24. The molecule has 1 aromatic carbocycles. The second-order valence-corrected chi connectivity index (χ2v) is 5.72. The van der Waals surface area contributed by atoms with Crippen LogP contribution in [0.4, 0.5) is 0 Å². The van der Waals surface area contributed by atoms with E-state index in [9.17, 15) is 0 Å². The third-order valence-corrected chi connectivity index (χ3v) is 4.24. The Bertz CT molecular complexity index is 386. The second kappa shape index (κ2) is 8.28. The van der Waals surface area contributed by atoms with Gasteiger partial charge in [0.2, 0.25) is 0 Å².